The molecule has 1 aromatic rings. The van der Waals surface area contributed by atoms with Gasteiger partial charge in [-0.2, -0.15) is 10.1 Å². The molecule has 0 radical (unpaired) electrons. The molecule has 3 rings (SSSR count). The molecule has 8 nitrogen and oxygen atoms in total. The number of morpholine rings is 1. The number of rotatable bonds is 3. The summed E-state index contributed by atoms with van der Waals surface area (Å²) < 4.78 is 28.5. The maximum absolute atomic E-state index is 11.6. The second kappa shape index (κ2) is 5.72. The van der Waals surface area contributed by atoms with Gasteiger partial charge in [0.05, 0.1) is 30.9 Å². The zero-order chi connectivity index (χ0) is 14.9. The first-order chi connectivity index (χ1) is 10.1. The van der Waals surface area contributed by atoms with Crippen molar-refractivity contribution in [3.05, 3.63) is 6.20 Å². The van der Waals surface area contributed by atoms with E-state index < -0.39 is 9.84 Å². The summed E-state index contributed by atoms with van der Waals surface area (Å²) in [4.78, 5) is 8.44. The van der Waals surface area contributed by atoms with Crippen LogP contribution in [0.1, 0.15) is 6.42 Å². The highest BCUT2D eigenvalue weighted by atomic mass is 32.2. The van der Waals surface area contributed by atoms with Crippen molar-refractivity contribution in [2.45, 2.75) is 12.5 Å². The van der Waals surface area contributed by atoms with Crippen molar-refractivity contribution in [3.63, 3.8) is 0 Å². The van der Waals surface area contributed by atoms with Gasteiger partial charge in [-0.05, 0) is 6.42 Å². The lowest BCUT2D eigenvalue weighted by Gasteiger charge is -2.29. The SMILES string of the molecule is CN(c1nncc(N2CCOCC2)n1)C1CCS(=O)(=O)C1. The maximum atomic E-state index is 11.6. The summed E-state index contributed by atoms with van der Waals surface area (Å²) >= 11 is 0. The topological polar surface area (TPSA) is 88.5 Å². The van der Waals surface area contributed by atoms with Crippen LogP contribution in [0.4, 0.5) is 11.8 Å². The van der Waals surface area contributed by atoms with E-state index in [2.05, 4.69) is 20.1 Å². The van der Waals surface area contributed by atoms with Crippen LogP contribution in [0.15, 0.2) is 6.20 Å². The van der Waals surface area contributed by atoms with E-state index in [1.54, 1.807) is 6.20 Å². The Labute approximate surface area is 124 Å². The van der Waals surface area contributed by atoms with Gasteiger partial charge in [0.25, 0.3) is 0 Å². The van der Waals surface area contributed by atoms with Crippen molar-refractivity contribution in [2.75, 3.05) is 54.7 Å². The molecule has 0 saturated carbocycles. The number of hydrogen-bond donors (Lipinski definition) is 0. The molecule has 1 aromatic heterocycles. The van der Waals surface area contributed by atoms with Gasteiger partial charge in [-0.25, -0.2) is 8.42 Å². The minimum atomic E-state index is -2.92. The molecule has 0 amide bonds. The molecule has 2 aliphatic heterocycles. The Morgan fingerprint density at radius 3 is 2.81 bits per heavy atom. The van der Waals surface area contributed by atoms with Gasteiger partial charge >= 0.3 is 0 Å². The lowest BCUT2D eigenvalue weighted by molar-refractivity contribution is 0.122. The largest absolute Gasteiger partial charge is 0.378 e. The van der Waals surface area contributed by atoms with E-state index >= 15 is 0 Å². The summed E-state index contributed by atoms with van der Waals surface area (Å²) in [5, 5.41) is 8.04. The third kappa shape index (κ3) is 3.24. The van der Waals surface area contributed by atoms with E-state index in [1.807, 2.05) is 11.9 Å². The number of anilines is 2. The van der Waals surface area contributed by atoms with E-state index in [9.17, 15) is 8.42 Å². The molecule has 116 valence electrons. The van der Waals surface area contributed by atoms with Crippen LogP contribution < -0.4 is 9.80 Å². The summed E-state index contributed by atoms with van der Waals surface area (Å²) in [6.07, 6.45) is 2.25. The summed E-state index contributed by atoms with van der Waals surface area (Å²) in [5.74, 6) is 1.63. The van der Waals surface area contributed by atoms with Gasteiger partial charge in [-0.3, -0.25) is 0 Å². The predicted octanol–water partition coefficient (Wildman–Crippen LogP) is -0.668. The molecule has 0 bridgehead atoms. The van der Waals surface area contributed by atoms with Crippen molar-refractivity contribution in [3.8, 4) is 0 Å². The highest BCUT2D eigenvalue weighted by Crippen LogP contribution is 2.21. The Balaban J connectivity index is 1.76. The Morgan fingerprint density at radius 1 is 1.38 bits per heavy atom. The predicted molar refractivity (Wildman–Crippen MR) is 78.3 cm³/mol. The van der Waals surface area contributed by atoms with Crippen LogP contribution in [-0.2, 0) is 14.6 Å². The van der Waals surface area contributed by atoms with Crippen LogP contribution in [0.3, 0.4) is 0 Å². The first kappa shape index (κ1) is 14.5. The van der Waals surface area contributed by atoms with Gasteiger partial charge in [-0.1, -0.05) is 0 Å². The smallest absolute Gasteiger partial charge is 0.247 e. The number of aromatic nitrogens is 3. The van der Waals surface area contributed by atoms with Gasteiger partial charge in [-0.15, -0.1) is 5.10 Å². The van der Waals surface area contributed by atoms with Gasteiger partial charge < -0.3 is 14.5 Å². The average molecular weight is 313 g/mol. The van der Waals surface area contributed by atoms with Crippen molar-refractivity contribution in [1.29, 1.82) is 0 Å². The molecule has 1 atom stereocenters. The van der Waals surface area contributed by atoms with Gasteiger partial charge in [0, 0.05) is 26.2 Å². The minimum absolute atomic E-state index is 0.0725. The average Bonchev–Trinajstić information content (AvgIpc) is 2.88. The first-order valence-corrected chi connectivity index (χ1v) is 8.83. The van der Waals surface area contributed by atoms with Crippen molar-refractivity contribution < 1.29 is 13.2 Å². The third-order valence-corrected chi connectivity index (χ3v) is 5.69. The highest BCUT2D eigenvalue weighted by molar-refractivity contribution is 7.91. The van der Waals surface area contributed by atoms with Crippen molar-refractivity contribution in [1.82, 2.24) is 15.2 Å². The summed E-state index contributed by atoms with van der Waals surface area (Å²) in [5.41, 5.74) is 0. The van der Waals surface area contributed by atoms with Crippen molar-refractivity contribution >= 4 is 21.6 Å². The van der Waals surface area contributed by atoms with Gasteiger partial charge in [0.15, 0.2) is 15.7 Å². The zero-order valence-corrected chi connectivity index (χ0v) is 12.8. The first-order valence-electron chi connectivity index (χ1n) is 7.01. The van der Waals surface area contributed by atoms with Crippen LogP contribution in [-0.4, -0.2) is 74.5 Å². The zero-order valence-electron chi connectivity index (χ0n) is 12.0. The molecular formula is C12H19N5O3S. The second-order valence-electron chi connectivity index (χ2n) is 5.38. The highest BCUT2D eigenvalue weighted by Gasteiger charge is 2.32. The number of nitrogens with zero attached hydrogens (tertiary/aromatic N) is 5. The normalized spacial score (nSPS) is 25.0. The number of hydrogen-bond acceptors (Lipinski definition) is 8. The van der Waals surface area contributed by atoms with E-state index in [-0.39, 0.29) is 17.5 Å². The van der Waals surface area contributed by atoms with E-state index in [4.69, 9.17) is 4.74 Å². The fraction of sp³-hybridized carbons (Fsp3) is 0.750. The molecule has 21 heavy (non-hydrogen) atoms. The van der Waals surface area contributed by atoms with Crippen LogP contribution in [0.25, 0.3) is 0 Å². The number of ether oxygens (including phenoxy) is 1. The Hall–Kier alpha value is -1.48. The number of sulfone groups is 1. The third-order valence-electron chi connectivity index (χ3n) is 3.94. The molecule has 2 fully saturated rings. The van der Waals surface area contributed by atoms with Crippen LogP contribution in [0, 0.1) is 0 Å². The molecule has 1 unspecified atom stereocenters. The fourth-order valence-electron chi connectivity index (χ4n) is 2.62. The van der Waals surface area contributed by atoms with Gasteiger partial charge in [0.2, 0.25) is 5.95 Å². The fourth-order valence-corrected chi connectivity index (χ4v) is 4.40. The summed E-state index contributed by atoms with van der Waals surface area (Å²) in [6, 6.07) is -0.0725. The molecular weight excluding hydrogens is 294 g/mol. The molecule has 3 heterocycles. The van der Waals surface area contributed by atoms with E-state index in [0.717, 1.165) is 18.9 Å². The maximum Gasteiger partial charge on any atom is 0.247 e. The van der Waals surface area contributed by atoms with Crippen molar-refractivity contribution in [2.24, 2.45) is 0 Å². The molecule has 2 aliphatic rings. The lowest BCUT2D eigenvalue weighted by Crippen LogP contribution is -2.38. The molecule has 2 saturated heterocycles. The Morgan fingerprint density at radius 2 is 2.14 bits per heavy atom. The molecule has 0 aliphatic carbocycles. The molecule has 0 N–H and O–H groups in total. The van der Waals surface area contributed by atoms with Crippen LogP contribution in [0.5, 0.6) is 0 Å². The Kier molecular flexibility index (Phi) is 3.94. The molecule has 0 aromatic carbocycles. The summed E-state index contributed by atoms with van der Waals surface area (Å²) in [6.45, 7) is 2.91. The quantitative estimate of drug-likeness (QED) is 0.726. The molecule has 0 spiro atoms. The van der Waals surface area contributed by atoms with Crippen LogP contribution >= 0.6 is 0 Å². The summed E-state index contributed by atoms with van der Waals surface area (Å²) in [7, 11) is -1.10. The monoisotopic (exact) mass is 313 g/mol. The Bertz CT molecular complexity index is 603. The second-order valence-corrected chi connectivity index (χ2v) is 7.61. The van der Waals surface area contributed by atoms with Crippen LogP contribution in [0.2, 0.25) is 0 Å². The molecule has 9 heteroatoms. The van der Waals surface area contributed by atoms with Gasteiger partial charge in [0.1, 0.15) is 0 Å². The minimum Gasteiger partial charge on any atom is -0.378 e. The standard InChI is InChI=1S/C12H19N5O3S/c1-16(10-2-7-21(18,19)9-10)12-14-11(8-13-15-12)17-3-5-20-6-4-17/h8,10H,2-7,9H2,1H3. The lowest BCUT2D eigenvalue weighted by atomic mass is 10.2. The van der Waals surface area contributed by atoms with E-state index in [1.165, 1.54) is 0 Å². The van der Waals surface area contributed by atoms with E-state index in [0.29, 0.717) is 25.6 Å².